The predicted octanol–water partition coefficient (Wildman–Crippen LogP) is -0.658. The third-order valence-electron chi connectivity index (χ3n) is 1.79. The van der Waals surface area contributed by atoms with Crippen LogP contribution in [0.5, 0.6) is 0 Å². The summed E-state index contributed by atoms with van der Waals surface area (Å²) >= 11 is 0. The van der Waals surface area contributed by atoms with Crippen LogP contribution in [0.4, 0.5) is 0 Å². The molecule has 4 heteroatoms. The standard InChI is InChI=1S/C10H18N2O2/c1-4-5-11-7-10(14)12-6-9(13)8(2)3/h1,8-9,11,13H,5-7H2,2-3H3,(H,12,14). The van der Waals surface area contributed by atoms with E-state index in [1.807, 2.05) is 13.8 Å². The van der Waals surface area contributed by atoms with Gasteiger partial charge in [0.05, 0.1) is 19.2 Å². The molecule has 0 aliphatic rings. The van der Waals surface area contributed by atoms with Gasteiger partial charge in [-0.3, -0.25) is 10.1 Å². The molecule has 0 radical (unpaired) electrons. The van der Waals surface area contributed by atoms with E-state index in [9.17, 15) is 9.90 Å². The molecule has 0 aromatic rings. The molecule has 0 aliphatic heterocycles. The lowest BCUT2D eigenvalue weighted by Crippen LogP contribution is -2.39. The van der Waals surface area contributed by atoms with Crippen molar-refractivity contribution in [2.24, 2.45) is 5.92 Å². The minimum atomic E-state index is -0.494. The van der Waals surface area contributed by atoms with Crippen LogP contribution in [0.25, 0.3) is 0 Å². The number of terminal acetylenes is 1. The molecule has 14 heavy (non-hydrogen) atoms. The molecule has 0 rings (SSSR count). The highest BCUT2D eigenvalue weighted by atomic mass is 16.3. The fourth-order valence-corrected chi connectivity index (χ4v) is 0.765. The summed E-state index contributed by atoms with van der Waals surface area (Å²) in [5, 5.41) is 14.7. The SMILES string of the molecule is C#CCNCC(=O)NCC(O)C(C)C. The molecular formula is C10H18N2O2. The highest BCUT2D eigenvalue weighted by Crippen LogP contribution is 1.98. The maximum Gasteiger partial charge on any atom is 0.234 e. The molecule has 0 fully saturated rings. The van der Waals surface area contributed by atoms with Gasteiger partial charge in [-0.25, -0.2) is 0 Å². The minimum Gasteiger partial charge on any atom is -0.391 e. The number of rotatable bonds is 6. The van der Waals surface area contributed by atoms with Gasteiger partial charge in [0.1, 0.15) is 0 Å². The lowest BCUT2D eigenvalue weighted by molar-refractivity contribution is -0.120. The Bertz CT molecular complexity index is 209. The van der Waals surface area contributed by atoms with E-state index in [0.29, 0.717) is 6.54 Å². The maximum absolute atomic E-state index is 11.1. The lowest BCUT2D eigenvalue weighted by atomic mass is 10.1. The Labute approximate surface area is 85.1 Å². The van der Waals surface area contributed by atoms with E-state index < -0.39 is 6.10 Å². The van der Waals surface area contributed by atoms with Crippen molar-refractivity contribution in [3.63, 3.8) is 0 Å². The summed E-state index contributed by atoms with van der Waals surface area (Å²) in [6.45, 7) is 4.64. The van der Waals surface area contributed by atoms with Crippen LogP contribution in [0.1, 0.15) is 13.8 Å². The summed E-state index contributed by atoms with van der Waals surface area (Å²) in [6.07, 6.45) is 4.50. The molecule has 1 unspecified atom stereocenters. The Morgan fingerprint density at radius 2 is 2.21 bits per heavy atom. The third-order valence-corrected chi connectivity index (χ3v) is 1.79. The molecule has 0 aliphatic carbocycles. The van der Waals surface area contributed by atoms with Gasteiger partial charge in [-0.15, -0.1) is 6.42 Å². The number of hydrogen-bond acceptors (Lipinski definition) is 3. The van der Waals surface area contributed by atoms with Crippen molar-refractivity contribution in [3.8, 4) is 12.3 Å². The van der Waals surface area contributed by atoms with Gasteiger partial charge in [0.15, 0.2) is 0 Å². The molecule has 0 heterocycles. The Morgan fingerprint density at radius 3 is 2.71 bits per heavy atom. The molecule has 0 bridgehead atoms. The van der Waals surface area contributed by atoms with Gasteiger partial charge >= 0.3 is 0 Å². The van der Waals surface area contributed by atoms with Gasteiger partial charge in [-0.2, -0.15) is 0 Å². The van der Waals surface area contributed by atoms with Gasteiger partial charge in [0, 0.05) is 6.54 Å². The second-order valence-corrected chi connectivity index (χ2v) is 3.42. The smallest absolute Gasteiger partial charge is 0.234 e. The zero-order valence-electron chi connectivity index (χ0n) is 8.71. The fraction of sp³-hybridized carbons (Fsp3) is 0.700. The van der Waals surface area contributed by atoms with Crippen molar-refractivity contribution in [2.45, 2.75) is 20.0 Å². The van der Waals surface area contributed by atoms with Crippen LogP contribution in [-0.4, -0.2) is 36.8 Å². The fourth-order valence-electron chi connectivity index (χ4n) is 0.765. The van der Waals surface area contributed by atoms with Gasteiger partial charge in [-0.05, 0) is 5.92 Å². The monoisotopic (exact) mass is 198 g/mol. The molecule has 1 amide bonds. The first kappa shape index (κ1) is 12.9. The number of aliphatic hydroxyl groups is 1. The molecule has 0 aromatic heterocycles. The highest BCUT2D eigenvalue weighted by molar-refractivity contribution is 5.78. The first-order chi connectivity index (χ1) is 6.57. The summed E-state index contributed by atoms with van der Waals surface area (Å²) in [5.41, 5.74) is 0. The summed E-state index contributed by atoms with van der Waals surface area (Å²) in [4.78, 5) is 11.1. The summed E-state index contributed by atoms with van der Waals surface area (Å²) in [6, 6.07) is 0. The number of aliphatic hydroxyl groups excluding tert-OH is 1. The zero-order valence-corrected chi connectivity index (χ0v) is 8.71. The van der Waals surface area contributed by atoms with Gasteiger partial charge in [0.25, 0.3) is 0 Å². The van der Waals surface area contributed by atoms with Crippen molar-refractivity contribution in [1.29, 1.82) is 0 Å². The van der Waals surface area contributed by atoms with Crippen molar-refractivity contribution < 1.29 is 9.90 Å². The number of carbonyl (C=O) groups is 1. The van der Waals surface area contributed by atoms with Crippen LogP contribution >= 0.6 is 0 Å². The van der Waals surface area contributed by atoms with E-state index in [2.05, 4.69) is 16.6 Å². The van der Waals surface area contributed by atoms with Crippen LogP contribution in [-0.2, 0) is 4.79 Å². The van der Waals surface area contributed by atoms with E-state index in [-0.39, 0.29) is 24.9 Å². The van der Waals surface area contributed by atoms with Crippen LogP contribution in [0.2, 0.25) is 0 Å². The first-order valence-electron chi connectivity index (χ1n) is 4.67. The quantitative estimate of drug-likeness (QED) is 0.392. The van der Waals surface area contributed by atoms with Crippen LogP contribution in [0.3, 0.4) is 0 Å². The molecule has 0 saturated carbocycles. The average Bonchev–Trinajstić information content (AvgIpc) is 2.14. The second kappa shape index (κ2) is 7.36. The Morgan fingerprint density at radius 1 is 1.57 bits per heavy atom. The third kappa shape index (κ3) is 6.46. The number of hydrogen-bond donors (Lipinski definition) is 3. The summed E-state index contributed by atoms with van der Waals surface area (Å²) in [7, 11) is 0. The van der Waals surface area contributed by atoms with Crippen molar-refractivity contribution >= 4 is 5.91 Å². The molecule has 0 aromatic carbocycles. The van der Waals surface area contributed by atoms with E-state index in [1.165, 1.54) is 0 Å². The predicted molar refractivity (Wildman–Crippen MR) is 55.6 cm³/mol. The van der Waals surface area contributed by atoms with Crippen LogP contribution in [0, 0.1) is 18.3 Å². The van der Waals surface area contributed by atoms with Crippen molar-refractivity contribution in [3.05, 3.63) is 0 Å². The van der Waals surface area contributed by atoms with E-state index in [4.69, 9.17) is 6.42 Å². The van der Waals surface area contributed by atoms with Crippen LogP contribution < -0.4 is 10.6 Å². The number of nitrogens with one attached hydrogen (secondary N) is 2. The van der Waals surface area contributed by atoms with E-state index >= 15 is 0 Å². The maximum atomic E-state index is 11.1. The van der Waals surface area contributed by atoms with Crippen LogP contribution in [0.15, 0.2) is 0 Å². The van der Waals surface area contributed by atoms with E-state index in [0.717, 1.165) is 0 Å². The lowest BCUT2D eigenvalue weighted by Gasteiger charge is -2.14. The summed E-state index contributed by atoms with van der Waals surface area (Å²) < 4.78 is 0. The van der Waals surface area contributed by atoms with Crippen molar-refractivity contribution in [2.75, 3.05) is 19.6 Å². The normalized spacial score (nSPS) is 12.2. The largest absolute Gasteiger partial charge is 0.391 e. The molecule has 0 spiro atoms. The average molecular weight is 198 g/mol. The highest BCUT2D eigenvalue weighted by Gasteiger charge is 2.09. The molecule has 1 atom stereocenters. The topological polar surface area (TPSA) is 61.4 Å². The number of amides is 1. The van der Waals surface area contributed by atoms with Gasteiger partial charge in [0.2, 0.25) is 5.91 Å². The molecule has 0 saturated heterocycles. The Hall–Kier alpha value is -1.05. The summed E-state index contributed by atoms with van der Waals surface area (Å²) in [5.74, 6) is 2.36. The zero-order chi connectivity index (χ0) is 11.0. The second-order valence-electron chi connectivity index (χ2n) is 3.42. The molecular weight excluding hydrogens is 180 g/mol. The number of carbonyl (C=O) groups excluding carboxylic acids is 1. The molecule has 4 nitrogen and oxygen atoms in total. The van der Waals surface area contributed by atoms with Gasteiger partial charge < -0.3 is 10.4 Å². The molecule has 80 valence electrons. The minimum absolute atomic E-state index is 0.147. The van der Waals surface area contributed by atoms with Gasteiger partial charge in [-0.1, -0.05) is 19.8 Å². The Balaban J connectivity index is 3.50. The first-order valence-corrected chi connectivity index (χ1v) is 4.67. The van der Waals surface area contributed by atoms with Crippen molar-refractivity contribution in [1.82, 2.24) is 10.6 Å². The van der Waals surface area contributed by atoms with E-state index in [1.54, 1.807) is 0 Å². The molecule has 3 N–H and O–H groups in total. The Kier molecular flexibility index (Phi) is 6.81.